The maximum absolute atomic E-state index is 9.43. The number of hydrogen-bond acceptors (Lipinski definition) is 3. The summed E-state index contributed by atoms with van der Waals surface area (Å²) >= 11 is 0. The molecule has 21 heavy (non-hydrogen) atoms. The number of aromatic amines is 1. The molecule has 0 bridgehead atoms. The number of rotatable bonds is 4. The van der Waals surface area contributed by atoms with E-state index in [4.69, 9.17) is 0 Å². The lowest BCUT2D eigenvalue weighted by atomic mass is 10.1. The first-order chi connectivity index (χ1) is 10.4. The lowest BCUT2D eigenvalue weighted by Crippen LogP contribution is -2.47. The monoisotopic (exact) mass is 280 g/mol. The number of nitriles is 1. The van der Waals surface area contributed by atoms with Crippen LogP contribution in [0.2, 0.25) is 0 Å². The van der Waals surface area contributed by atoms with Crippen LogP contribution in [0.1, 0.15) is 17.3 Å². The first-order valence-corrected chi connectivity index (χ1v) is 7.40. The molecule has 1 N–H and O–H groups in total. The van der Waals surface area contributed by atoms with E-state index in [1.54, 1.807) is 0 Å². The maximum atomic E-state index is 9.43. The van der Waals surface area contributed by atoms with Crippen molar-refractivity contribution in [1.29, 1.82) is 5.26 Å². The van der Waals surface area contributed by atoms with Crippen LogP contribution in [0.3, 0.4) is 0 Å². The van der Waals surface area contributed by atoms with Crippen LogP contribution in [-0.4, -0.2) is 41.0 Å². The highest BCUT2D eigenvalue weighted by molar-refractivity contribution is 5.17. The van der Waals surface area contributed by atoms with Gasteiger partial charge in [-0.25, -0.2) is 0 Å². The van der Waals surface area contributed by atoms with Gasteiger partial charge in [0, 0.05) is 44.6 Å². The van der Waals surface area contributed by atoms with Crippen LogP contribution in [0, 0.1) is 11.3 Å². The first kappa shape index (κ1) is 13.9. The van der Waals surface area contributed by atoms with E-state index in [0.29, 0.717) is 0 Å². The molecule has 1 aromatic carbocycles. The van der Waals surface area contributed by atoms with Gasteiger partial charge in [0.2, 0.25) is 0 Å². The van der Waals surface area contributed by atoms with Gasteiger partial charge in [0.05, 0.1) is 6.07 Å². The quantitative estimate of drug-likeness (QED) is 0.935. The third-order valence-electron chi connectivity index (χ3n) is 4.06. The normalized spacial score (nSPS) is 18.2. The van der Waals surface area contributed by atoms with Gasteiger partial charge in [-0.2, -0.15) is 5.26 Å². The molecule has 1 fully saturated rings. The second-order valence-electron chi connectivity index (χ2n) is 5.45. The van der Waals surface area contributed by atoms with Crippen molar-refractivity contribution in [2.75, 3.05) is 26.2 Å². The van der Waals surface area contributed by atoms with Gasteiger partial charge in [0.15, 0.2) is 0 Å². The summed E-state index contributed by atoms with van der Waals surface area (Å²) in [4.78, 5) is 7.87. The van der Waals surface area contributed by atoms with E-state index in [-0.39, 0.29) is 6.04 Å². The van der Waals surface area contributed by atoms with Gasteiger partial charge >= 0.3 is 0 Å². The molecule has 2 heterocycles. The van der Waals surface area contributed by atoms with Crippen LogP contribution in [0.25, 0.3) is 0 Å². The SMILES string of the molecule is N#CC(c1ccc[nH]1)N1CCN(Cc2ccccc2)CC1. The van der Waals surface area contributed by atoms with Crippen molar-refractivity contribution in [2.45, 2.75) is 12.6 Å². The van der Waals surface area contributed by atoms with E-state index in [0.717, 1.165) is 38.4 Å². The topological polar surface area (TPSA) is 46.1 Å². The third-order valence-corrected chi connectivity index (χ3v) is 4.06. The van der Waals surface area contributed by atoms with Crippen LogP contribution in [0.5, 0.6) is 0 Å². The molecule has 108 valence electrons. The number of hydrogen-bond donors (Lipinski definition) is 1. The molecule has 4 nitrogen and oxygen atoms in total. The van der Waals surface area contributed by atoms with Gasteiger partial charge in [0.25, 0.3) is 0 Å². The number of aromatic nitrogens is 1. The Kier molecular flexibility index (Phi) is 4.34. The molecular formula is C17H20N4. The molecule has 4 heteroatoms. The molecule has 1 aliphatic heterocycles. The largest absolute Gasteiger partial charge is 0.363 e. The lowest BCUT2D eigenvalue weighted by Gasteiger charge is -2.36. The van der Waals surface area contributed by atoms with E-state index < -0.39 is 0 Å². The molecule has 0 aliphatic carbocycles. The number of nitrogens with zero attached hydrogens (tertiary/aromatic N) is 3. The zero-order valence-corrected chi connectivity index (χ0v) is 12.1. The standard InChI is InChI=1S/C17H20N4/c18-13-17(16-7-4-8-19-16)21-11-9-20(10-12-21)14-15-5-2-1-3-6-15/h1-8,17,19H,9-12,14H2. The minimum Gasteiger partial charge on any atom is -0.363 e. The average Bonchev–Trinajstić information content (AvgIpc) is 3.05. The van der Waals surface area contributed by atoms with Gasteiger partial charge in [-0.15, -0.1) is 0 Å². The Balaban J connectivity index is 1.56. The highest BCUT2D eigenvalue weighted by Gasteiger charge is 2.25. The van der Waals surface area contributed by atoms with E-state index in [2.05, 4.69) is 51.2 Å². The average molecular weight is 280 g/mol. The van der Waals surface area contributed by atoms with Crippen molar-refractivity contribution >= 4 is 0 Å². The molecule has 0 amide bonds. The predicted octanol–water partition coefficient (Wildman–Crippen LogP) is 2.40. The summed E-state index contributed by atoms with van der Waals surface area (Å²) in [6, 6.07) is 16.8. The Bertz CT molecular complexity index is 577. The number of nitrogens with one attached hydrogen (secondary N) is 1. The van der Waals surface area contributed by atoms with E-state index >= 15 is 0 Å². The van der Waals surface area contributed by atoms with Crippen molar-refractivity contribution in [3.8, 4) is 6.07 Å². The molecule has 1 aromatic heterocycles. The molecule has 0 radical (unpaired) electrons. The molecule has 0 spiro atoms. The third kappa shape index (κ3) is 3.33. The van der Waals surface area contributed by atoms with Crippen LogP contribution in [0.4, 0.5) is 0 Å². The van der Waals surface area contributed by atoms with Gasteiger partial charge in [-0.1, -0.05) is 30.3 Å². The fourth-order valence-corrected chi connectivity index (χ4v) is 2.88. The van der Waals surface area contributed by atoms with Crippen LogP contribution in [0.15, 0.2) is 48.7 Å². The van der Waals surface area contributed by atoms with Crippen molar-refractivity contribution in [2.24, 2.45) is 0 Å². The Labute approximate surface area is 125 Å². The second kappa shape index (κ2) is 6.57. The minimum atomic E-state index is -0.154. The number of benzene rings is 1. The Morgan fingerprint density at radius 3 is 2.43 bits per heavy atom. The van der Waals surface area contributed by atoms with E-state index in [9.17, 15) is 5.26 Å². The smallest absolute Gasteiger partial charge is 0.138 e. The van der Waals surface area contributed by atoms with E-state index in [1.165, 1.54) is 5.56 Å². The van der Waals surface area contributed by atoms with Crippen LogP contribution >= 0.6 is 0 Å². The molecule has 2 aromatic rings. The molecule has 1 saturated heterocycles. The van der Waals surface area contributed by atoms with Crippen molar-refractivity contribution in [3.05, 3.63) is 59.9 Å². The predicted molar refractivity (Wildman–Crippen MR) is 82.4 cm³/mol. The second-order valence-corrected chi connectivity index (χ2v) is 5.45. The molecule has 1 aliphatic rings. The summed E-state index contributed by atoms with van der Waals surface area (Å²) in [7, 11) is 0. The first-order valence-electron chi connectivity index (χ1n) is 7.40. The van der Waals surface area contributed by atoms with Crippen molar-refractivity contribution in [1.82, 2.24) is 14.8 Å². The lowest BCUT2D eigenvalue weighted by molar-refractivity contribution is 0.108. The van der Waals surface area contributed by atoms with Gasteiger partial charge < -0.3 is 4.98 Å². The zero-order valence-electron chi connectivity index (χ0n) is 12.1. The van der Waals surface area contributed by atoms with Gasteiger partial charge in [-0.3, -0.25) is 9.80 Å². The molecule has 0 saturated carbocycles. The van der Waals surface area contributed by atoms with Gasteiger partial charge in [0.1, 0.15) is 6.04 Å². The fraction of sp³-hybridized carbons (Fsp3) is 0.353. The summed E-state index contributed by atoms with van der Waals surface area (Å²) in [6.45, 7) is 4.88. The molecular weight excluding hydrogens is 260 g/mol. The van der Waals surface area contributed by atoms with Crippen molar-refractivity contribution in [3.63, 3.8) is 0 Å². The van der Waals surface area contributed by atoms with E-state index in [1.807, 2.05) is 18.3 Å². The zero-order chi connectivity index (χ0) is 14.5. The van der Waals surface area contributed by atoms with Gasteiger partial charge in [-0.05, 0) is 17.7 Å². The Morgan fingerprint density at radius 1 is 1.05 bits per heavy atom. The molecule has 1 unspecified atom stereocenters. The molecule has 1 atom stereocenters. The highest BCUT2D eigenvalue weighted by Crippen LogP contribution is 2.20. The highest BCUT2D eigenvalue weighted by atomic mass is 15.3. The fourth-order valence-electron chi connectivity index (χ4n) is 2.88. The Hall–Kier alpha value is -2.09. The maximum Gasteiger partial charge on any atom is 0.138 e. The van der Waals surface area contributed by atoms with Crippen molar-refractivity contribution < 1.29 is 0 Å². The Morgan fingerprint density at radius 2 is 1.81 bits per heavy atom. The molecule has 3 rings (SSSR count). The van der Waals surface area contributed by atoms with Crippen LogP contribution < -0.4 is 0 Å². The van der Waals surface area contributed by atoms with Crippen LogP contribution in [-0.2, 0) is 6.54 Å². The summed E-state index contributed by atoms with van der Waals surface area (Å²) in [5, 5.41) is 9.43. The summed E-state index contributed by atoms with van der Waals surface area (Å²) in [6.07, 6.45) is 1.88. The number of piperazine rings is 1. The number of H-pyrrole nitrogens is 1. The summed E-state index contributed by atoms with van der Waals surface area (Å²) in [5.74, 6) is 0. The summed E-state index contributed by atoms with van der Waals surface area (Å²) < 4.78 is 0. The minimum absolute atomic E-state index is 0.154. The summed E-state index contributed by atoms with van der Waals surface area (Å²) in [5.41, 5.74) is 2.35.